The third kappa shape index (κ3) is 5.15. The summed E-state index contributed by atoms with van der Waals surface area (Å²) in [7, 11) is 0. The summed E-state index contributed by atoms with van der Waals surface area (Å²) in [4.78, 5) is 23.6. The SMILES string of the molecule is NC(=O)CCc1nnc(SCC(=O)c2ccc(Cl)c(Cl)c2)n1Cc1ccco1. The van der Waals surface area contributed by atoms with E-state index in [1.807, 2.05) is 10.6 Å². The fraction of sp³-hybridized carbons (Fsp3) is 0.222. The first-order chi connectivity index (χ1) is 13.4. The van der Waals surface area contributed by atoms with Crippen LogP contribution in [0.3, 0.4) is 0 Å². The minimum absolute atomic E-state index is 0.116. The van der Waals surface area contributed by atoms with E-state index in [1.165, 1.54) is 11.8 Å². The highest BCUT2D eigenvalue weighted by molar-refractivity contribution is 7.99. The van der Waals surface area contributed by atoms with Gasteiger partial charge in [0.1, 0.15) is 11.6 Å². The number of aromatic nitrogens is 3. The van der Waals surface area contributed by atoms with Gasteiger partial charge in [0.25, 0.3) is 0 Å². The lowest BCUT2D eigenvalue weighted by Gasteiger charge is -2.08. The maximum Gasteiger partial charge on any atom is 0.217 e. The molecule has 1 amide bonds. The zero-order valence-corrected chi connectivity index (χ0v) is 16.9. The summed E-state index contributed by atoms with van der Waals surface area (Å²) in [5, 5.41) is 9.56. The number of primary amides is 1. The summed E-state index contributed by atoms with van der Waals surface area (Å²) < 4.78 is 7.20. The van der Waals surface area contributed by atoms with Crippen molar-refractivity contribution in [3.63, 3.8) is 0 Å². The van der Waals surface area contributed by atoms with E-state index < -0.39 is 5.91 Å². The third-order valence-corrected chi connectivity index (χ3v) is 5.56. The number of nitrogens with zero attached hydrogens (tertiary/aromatic N) is 3. The van der Waals surface area contributed by atoms with E-state index in [1.54, 1.807) is 30.5 Å². The molecule has 0 saturated heterocycles. The number of rotatable bonds is 9. The molecule has 2 heterocycles. The highest BCUT2D eigenvalue weighted by Crippen LogP contribution is 2.25. The minimum Gasteiger partial charge on any atom is -0.467 e. The van der Waals surface area contributed by atoms with Crippen LogP contribution < -0.4 is 5.73 Å². The van der Waals surface area contributed by atoms with Gasteiger partial charge in [0, 0.05) is 18.4 Å². The summed E-state index contributed by atoms with van der Waals surface area (Å²) in [5.41, 5.74) is 5.70. The molecule has 3 aromatic rings. The maximum absolute atomic E-state index is 12.5. The first kappa shape index (κ1) is 20.4. The molecule has 0 aliphatic rings. The van der Waals surface area contributed by atoms with E-state index in [0.717, 1.165) is 0 Å². The molecule has 0 aliphatic carbocycles. The maximum atomic E-state index is 12.5. The second-order valence-electron chi connectivity index (χ2n) is 5.87. The monoisotopic (exact) mass is 438 g/mol. The van der Waals surface area contributed by atoms with Gasteiger partial charge in [0.15, 0.2) is 10.9 Å². The molecule has 2 aromatic heterocycles. The third-order valence-electron chi connectivity index (χ3n) is 3.86. The van der Waals surface area contributed by atoms with Gasteiger partial charge in [-0.25, -0.2) is 0 Å². The molecule has 0 saturated carbocycles. The molecule has 2 N–H and O–H groups in total. The number of aryl methyl sites for hydroxylation is 1. The quantitative estimate of drug-likeness (QED) is 0.404. The Morgan fingerprint density at radius 1 is 1.18 bits per heavy atom. The first-order valence-corrected chi connectivity index (χ1v) is 10.0. The Kier molecular flexibility index (Phi) is 6.77. The Morgan fingerprint density at radius 2 is 2.00 bits per heavy atom. The van der Waals surface area contributed by atoms with E-state index in [-0.39, 0.29) is 18.0 Å². The molecule has 0 unspecified atom stereocenters. The average Bonchev–Trinajstić information content (AvgIpc) is 3.31. The predicted molar refractivity (Wildman–Crippen MR) is 107 cm³/mol. The van der Waals surface area contributed by atoms with Crippen LogP contribution in [0, 0.1) is 0 Å². The van der Waals surface area contributed by atoms with Crippen molar-refractivity contribution in [2.75, 3.05) is 5.75 Å². The molecule has 0 spiro atoms. The molecule has 0 atom stereocenters. The molecule has 3 rings (SSSR count). The molecule has 146 valence electrons. The molecule has 1 aromatic carbocycles. The Bertz CT molecular complexity index is 989. The molecule has 0 radical (unpaired) electrons. The number of carbonyl (C=O) groups is 2. The van der Waals surface area contributed by atoms with Crippen molar-refractivity contribution in [3.05, 3.63) is 63.8 Å². The number of hydrogen-bond acceptors (Lipinski definition) is 6. The number of amides is 1. The fourth-order valence-corrected chi connectivity index (χ4v) is 3.60. The Hall–Kier alpha value is -2.29. The van der Waals surface area contributed by atoms with Crippen LogP contribution in [0.25, 0.3) is 0 Å². The van der Waals surface area contributed by atoms with Crippen molar-refractivity contribution < 1.29 is 14.0 Å². The van der Waals surface area contributed by atoms with Crippen LogP contribution >= 0.6 is 35.0 Å². The number of carbonyl (C=O) groups excluding carboxylic acids is 2. The van der Waals surface area contributed by atoms with E-state index in [0.29, 0.717) is 45.3 Å². The van der Waals surface area contributed by atoms with E-state index >= 15 is 0 Å². The molecule has 7 nitrogen and oxygen atoms in total. The standard InChI is InChI=1S/C18H16Cl2N4O3S/c19-13-4-3-11(8-14(13)20)15(25)10-28-18-23-22-17(6-5-16(21)26)24(18)9-12-2-1-7-27-12/h1-4,7-8H,5-6,9-10H2,(H2,21,26). The summed E-state index contributed by atoms with van der Waals surface area (Å²) in [6.07, 6.45) is 2.08. The molecule has 28 heavy (non-hydrogen) atoms. The predicted octanol–water partition coefficient (Wildman–Crippen LogP) is 3.62. The Balaban J connectivity index is 1.75. The molecular formula is C18H16Cl2N4O3S. The smallest absolute Gasteiger partial charge is 0.217 e. The van der Waals surface area contributed by atoms with Crippen molar-refractivity contribution in [2.24, 2.45) is 5.73 Å². The number of halogens is 2. The lowest BCUT2D eigenvalue weighted by molar-refractivity contribution is -0.118. The van der Waals surface area contributed by atoms with E-state index in [2.05, 4.69) is 10.2 Å². The van der Waals surface area contributed by atoms with E-state index in [9.17, 15) is 9.59 Å². The number of thioether (sulfide) groups is 1. The largest absolute Gasteiger partial charge is 0.467 e. The summed E-state index contributed by atoms with van der Waals surface area (Å²) in [6.45, 7) is 0.386. The van der Waals surface area contributed by atoms with Crippen molar-refractivity contribution in [3.8, 4) is 0 Å². The van der Waals surface area contributed by atoms with Gasteiger partial charge >= 0.3 is 0 Å². The van der Waals surface area contributed by atoms with Crippen molar-refractivity contribution in [2.45, 2.75) is 24.5 Å². The number of ketones is 1. The van der Waals surface area contributed by atoms with Crippen molar-refractivity contribution in [1.29, 1.82) is 0 Å². The fourth-order valence-electron chi connectivity index (χ4n) is 2.45. The molecular weight excluding hydrogens is 423 g/mol. The Morgan fingerprint density at radius 3 is 2.68 bits per heavy atom. The van der Waals surface area contributed by atoms with Gasteiger partial charge in [-0.1, -0.05) is 35.0 Å². The lowest BCUT2D eigenvalue weighted by atomic mass is 10.1. The van der Waals surface area contributed by atoms with Gasteiger partial charge in [0.2, 0.25) is 5.91 Å². The number of benzene rings is 1. The number of furan rings is 1. The van der Waals surface area contributed by atoms with Gasteiger partial charge in [-0.2, -0.15) is 0 Å². The zero-order chi connectivity index (χ0) is 20.1. The number of hydrogen-bond donors (Lipinski definition) is 1. The highest BCUT2D eigenvalue weighted by atomic mass is 35.5. The Labute approximate surface area is 175 Å². The van der Waals surface area contributed by atoms with Crippen LogP contribution in [-0.2, 0) is 17.8 Å². The normalized spacial score (nSPS) is 10.9. The minimum atomic E-state index is -0.420. The van der Waals surface area contributed by atoms with Crippen LogP contribution in [0.5, 0.6) is 0 Å². The second kappa shape index (κ2) is 9.27. The van der Waals surface area contributed by atoms with Gasteiger partial charge < -0.3 is 10.2 Å². The van der Waals surface area contributed by atoms with Crippen LogP contribution in [-0.4, -0.2) is 32.2 Å². The molecule has 0 bridgehead atoms. The van der Waals surface area contributed by atoms with Crippen LogP contribution in [0.15, 0.2) is 46.2 Å². The second-order valence-corrected chi connectivity index (χ2v) is 7.63. The molecule has 0 fully saturated rings. The van der Waals surface area contributed by atoms with Crippen molar-refractivity contribution in [1.82, 2.24) is 14.8 Å². The van der Waals surface area contributed by atoms with Crippen molar-refractivity contribution >= 4 is 46.7 Å². The van der Waals surface area contributed by atoms with Gasteiger partial charge in [-0.3, -0.25) is 14.2 Å². The average molecular weight is 439 g/mol. The van der Waals surface area contributed by atoms with E-state index in [4.69, 9.17) is 33.4 Å². The number of nitrogens with two attached hydrogens (primary N) is 1. The summed E-state index contributed by atoms with van der Waals surface area (Å²) in [6, 6.07) is 8.36. The summed E-state index contributed by atoms with van der Waals surface area (Å²) in [5.74, 6) is 0.910. The topological polar surface area (TPSA) is 104 Å². The van der Waals surface area contributed by atoms with Crippen LogP contribution in [0.2, 0.25) is 10.0 Å². The molecule has 10 heteroatoms. The van der Waals surface area contributed by atoms with Crippen LogP contribution in [0.4, 0.5) is 0 Å². The van der Waals surface area contributed by atoms with Gasteiger partial charge in [-0.05, 0) is 30.3 Å². The first-order valence-electron chi connectivity index (χ1n) is 8.28. The zero-order valence-electron chi connectivity index (χ0n) is 14.6. The van der Waals surface area contributed by atoms with Crippen LogP contribution in [0.1, 0.15) is 28.4 Å². The van der Waals surface area contributed by atoms with Gasteiger partial charge in [0.05, 0.1) is 28.6 Å². The summed E-state index contributed by atoms with van der Waals surface area (Å²) >= 11 is 13.1. The molecule has 0 aliphatic heterocycles. The highest BCUT2D eigenvalue weighted by Gasteiger charge is 2.17. The lowest BCUT2D eigenvalue weighted by Crippen LogP contribution is -2.14. The number of Topliss-reactive ketones (excluding diaryl/α,β-unsaturated/α-hetero) is 1. The van der Waals surface area contributed by atoms with Gasteiger partial charge in [-0.15, -0.1) is 10.2 Å².